The molecule has 3 fully saturated rings. The van der Waals surface area contributed by atoms with Crippen LogP contribution in [0.1, 0.15) is 18.5 Å². The largest absolute Gasteiger partial charge is 1.00 e. The molecule has 0 radical (unpaired) electrons. The average Bonchev–Trinajstić information content (AvgIpc) is 2.50. The number of nitrogens with zero attached hydrogens (tertiary/aromatic N) is 3. The molecule has 0 atom stereocenters. The highest BCUT2D eigenvalue weighted by Crippen LogP contribution is 2.31. The van der Waals surface area contributed by atoms with Crippen LogP contribution in [0, 0.1) is 5.92 Å². The summed E-state index contributed by atoms with van der Waals surface area (Å²) >= 11 is 0. The Balaban J connectivity index is 0.00000132. The molecule has 4 heterocycles. The zero-order chi connectivity index (χ0) is 14.7. The molecule has 1 aromatic heterocycles. The second-order valence-electron chi connectivity index (χ2n) is 5.99. The molecular weight excluding hydrogens is 524 g/mol. The number of ketones is 1. The van der Waals surface area contributed by atoms with Crippen molar-refractivity contribution in [1.82, 2.24) is 0 Å². The van der Waals surface area contributed by atoms with Crippen LogP contribution in [-0.2, 0) is 16.3 Å². The number of quaternary nitrogens is 1. The summed E-state index contributed by atoms with van der Waals surface area (Å²) in [5.41, 5.74) is 0.772. The quantitative estimate of drug-likeness (QED) is 0.100. The molecule has 8 heteroatoms. The molecule has 0 aliphatic carbocycles. The van der Waals surface area contributed by atoms with Crippen LogP contribution in [0.2, 0.25) is 0 Å². The highest BCUT2D eigenvalue weighted by atomic mass is 127. The van der Waals surface area contributed by atoms with Crippen LogP contribution < -0.4 is 52.5 Å². The summed E-state index contributed by atoms with van der Waals surface area (Å²) < 4.78 is 8.49. The number of Topliss-reactive ketones (excluding diaryl/α,β-unsaturated/α-hetero) is 1. The smallest absolute Gasteiger partial charge is 0.257 e. The molecule has 4 rings (SSSR count). The van der Waals surface area contributed by atoms with Crippen LogP contribution in [0.4, 0.5) is 0 Å². The number of hydrogen-bond acceptors (Lipinski definition) is 4. The van der Waals surface area contributed by atoms with Crippen LogP contribution in [0.3, 0.4) is 0 Å². The molecule has 3 aliphatic rings. The number of ether oxygens (including phenoxy) is 1. The number of pyridine rings is 1. The van der Waals surface area contributed by atoms with Gasteiger partial charge in [0.1, 0.15) is 12.8 Å². The van der Waals surface area contributed by atoms with Gasteiger partial charge in [0.25, 0.3) is 6.73 Å². The summed E-state index contributed by atoms with van der Waals surface area (Å²) in [5.74, 6) is 0.706. The Labute approximate surface area is 170 Å². The van der Waals surface area contributed by atoms with E-state index in [1.807, 2.05) is 29.0 Å². The topological polar surface area (TPSA) is 62.8 Å². The van der Waals surface area contributed by atoms with Crippen LogP contribution in [0.25, 0.3) is 0 Å². The summed E-state index contributed by atoms with van der Waals surface area (Å²) in [6.45, 7) is 3.66. The first-order valence-electron chi connectivity index (χ1n) is 7.34. The van der Waals surface area contributed by atoms with Gasteiger partial charge in [-0.2, -0.15) is 4.57 Å². The Morgan fingerprint density at radius 1 is 1.35 bits per heavy atom. The van der Waals surface area contributed by atoms with E-state index < -0.39 is 0 Å². The van der Waals surface area contributed by atoms with E-state index >= 15 is 0 Å². The normalized spacial score (nSPS) is 25.9. The Morgan fingerprint density at radius 3 is 2.74 bits per heavy atom. The number of halogens is 2. The lowest BCUT2D eigenvalue weighted by atomic mass is 9.85. The van der Waals surface area contributed by atoms with Crippen LogP contribution in [-0.4, -0.2) is 48.1 Å². The van der Waals surface area contributed by atoms with Crippen molar-refractivity contribution in [2.75, 3.05) is 26.4 Å². The van der Waals surface area contributed by atoms with Gasteiger partial charge in [0, 0.05) is 30.9 Å². The lowest BCUT2D eigenvalue weighted by molar-refractivity contribution is -0.955. The standard InChI is InChI=1S/C15H20N3O3.2HI/c19-15-10-18(7-4-13(15)5-8-18)12-21-11-17-6-2-1-3-14(17)9-16-20;;/h1-3,6,9,13H,4-5,7-8,10-12H2;2*1H/q+1;;/p-1. The Kier molecular flexibility index (Phi) is 8.31. The SMILES string of the molecule is O=C1C[N+]2(COC[n+]3ccccc3C=NO)CCC1CC2.[I-].[I-]. The van der Waals surface area contributed by atoms with Crippen molar-refractivity contribution in [2.45, 2.75) is 19.6 Å². The van der Waals surface area contributed by atoms with E-state index in [1.165, 1.54) is 6.21 Å². The number of fused-ring (bicyclic) bond motifs is 3. The number of carbonyl (C=O) groups is 1. The summed E-state index contributed by atoms with van der Waals surface area (Å²) in [5, 5.41) is 11.7. The van der Waals surface area contributed by atoms with Gasteiger partial charge in [-0.25, -0.2) is 0 Å². The van der Waals surface area contributed by atoms with Gasteiger partial charge in [-0.15, -0.1) is 0 Å². The van der Waals surface area contributed by atoms with Crippen molar-refractivity contribution in [3.05, 3.63) is 30.1 Å². The fourth-order valence-corrected chi connectivity index (χ4v) is 3.35. The molecule has 3 aliphatic heterocycles. The van der Waals surface area contributed by atoms with Crippen molar-refractivity contribution in [1.29, 1.82) is 0 Å². The van der Waals surface area contributed by atoms with Crippen LogP contribution in [0.15, 0.2) is 29.6 Å². The predicted molar refractivity (Wildman–Crippen MR) is 74.6 cm³/mol. The first-order chi connectivity index (χ1) is 10.2. The summed E-state index contributed by atoms with van der Waals surface area (Å²) in [6, 6.07) is 5.63. The molecule has 0 amide bonds. The van der Waals surface area contributed by atoms with Crippen molar-refractivity contribution in [2.24, 2.45) is 11.1 Å². The maximum atomic E-state index is 11.9. The number of aromatic nitrogens is 1. The van der Waals surface area contributed by atoms with E-state index in [0.29, 0.717) is 31.7 Å². The van der Waals surface area contributed by atoms with Crippen molar-refractivity contribution >= 4 is 12.0 Å². The summed E-state index contributed by atoms with van der Waals surface area (Å²) in [4.78, 5) is 11.9. The zero-order valence-electron chi connectivity index (χ0n) is 12.8. The monoisotopic (exact) mass is 545 g/mol. The third-order valence-electron chi connectivity index (χ3n) is 4.61. The molecule has 0 aromatic carbocycles. The molecule has 6 nitrogen and oxygen atoms in total. The minimum absolute atomic E-state index is 0. The average molecular weight is 545 g/mol. The zero-order valence-corrected chi connectivity index (χ0v) is 17.1. The second kappa shape index (κ2) is 9.23. The summed E-state index contributed by atoms with van der Waals surface area (Å²) in [7, 11) is 0. The lowest BCUT2D eigenvalue weighted by Gasteiger charge is -2.47. The van der Waals surface area contributed by atoms with E-state index in [9.17, 15) is 4.79 Å². The minimum Gasteiger partial charge on any atom is -1.00 e. The molecular formula is C15H21I2N3O3. The molecule has 3 saturated heterocycles. The number of oxime groups is 1. The highest BCUT2D eigenvalue weighted by Gasteiger charge is 2.45. The molecule has 23 heavy (non-hydrogen) atoms. The van der Waals surface area contributed by atoms with Gasteiger partial charge in [-0.05, 0) is 6.07 Å². The first kappa shape index (κ1) is 20.7. The Bertz CT molecular complexity index is 561. The third-order valence-corrected chi connectivity index (χ3v) is 4.61. The highest BCUT2D eigenvalue weighted by molar-refractivity contribution is 5.83. The maximum absolute atomic E-state index is 11.9. The molecule has 2 bridgehead atoms. The van der Waals surface area contributed by atoms with Crippen molar-refractivity contribution < 1.29 is 71.7 Å². The second-order valence-corrected chi connectivity index (χ2v) is 5.99. The van der Waals surface area contributed by atoms with Gasteiger partial charge in [0.05, 0.1) is 13.1 Å². The molecule has 128 valence electrons. The lowest BCUT2D eigenvalue weighted by Crippen LogP contribution is -3.00. The molecule has 1 aromatic rings. The number of carbonyl (C=O) groups excluding carboxylic acids is 1. The van der Waals surface area contributed by atoms with E-state index in [2.05, 4.69) is 5.16 Å². The minimum atomic E-state index is 0. The number of piperidine rings is 3. The van der Waals surface area contributed by atoms with Gasteiger partial charge in [-0.3, -0.25) is 14.0 Å². The molecule has 1 N–H and O–H groups in total. The van der Waals surface area contributed by atoms with Crippen LogP contribution in [0.5, 0.6) is 0 Å². The number of rotatable bonds is 5. The number of hydrogen-bond donors (Lipinski definition) is 1. The van der Waals surface area contributed by atoms with Crippen LogP contribution >= 0.6 is 0 Å². The van der Waals surface area contributed by atoms with Gasteiger partial charge in [0.2, 0.25) is 5.69 Å². The van der Waals surface area contributed by atoms with Gasteiger partial charge < -0.3 is 53.2 Å². The first-order valence-corrected chi connectivity index (χ1v) is 7.34. The fourth-order valence-electron chi connectivity index (χ4n) is 3.35. The van der Waals surface area contributed by atoms with E-state index in [1.54, 1.807) is 0 Å². The van der Waals surface area contributed by atoms with Gasteiger partial charge in [-0.1, -0.05) is 5.16 Å². The van der Waals surface area contributed by atoms with Crippen molar-refractivity contribution in [3.8, 4) is 0 Å². The maximum Gasteiger partial charge on any atom is 0.257 e. The van der Waals surface area contributed by atoms with E-state index in [4.69, 9.17) is 9.94 Å². The summed E-state index contributed by atoms with van der Waals surface area (Å²) in [6.07, 6.45) is 5.27. The predicted octanol–water partition coefficient (Wildman–Crippen LogP) is -5.47. The van der Waals surface area contributed by atoms with Gasteiger partial charge >= 0.3 is 0 Å². The molecule has 0 unspecified atom stereocenters. The van der Waals surface area contributed by atoms with E-state index in [0.717, 1.165) is 36.1 Å². The Morgan fingerprint density at radius 2 is 2.09 bits per heavy atom. The van der Waals surface area contributed by atoms with Crippen molar-refractivity contribution in [3.63, 3.8) is 0 Å². The van der Waals surface area contributed by atoms with Gasteiger partial charge in [0.15, 0.2) is 18.7 Å². The van der Waals surface area contributed by atoms with E-state index in [-0.39, 0.29) is 48.0 Å². The third kappa shape index (κ3) is 4.83. The molecule has 0 saturated carbocycles. The fraction of sp³-hybridized carbons (Fsp3) is 0.533. The Hall–Kier alpha value is -0.330. The molecule has 0 spiro atoms.